The lowest BCUT2D eigenvalue weighted by atomic mass is 10.1. The van der Waals surface area contributed by atoms with Crippen molar-refractivity contribution in [1.82, 2.24) is 9.88 Å². The number of furan rings is 1. The van der Waals surface area contributed by atoms with E-state index in [4.69, 9.17) is 9.15 Å². The number of nitrogens with one attached hydrogen (secondary N) is 1. The summed E-state index contributed by atoms with van der Waals surface area (Å²) in [5.74, 6) is -0.540. The minimum atomic E-state index is -0.585. The number of aryl methyl sites for hydroxylation is 1. The summed E-state index contributed by atoms with van der Waals surface area (Å²) in [5.41, 5.74) is 2.72. The van der Waals surface area contributed by atoms with Gasteiger partial charge in [0.2, 0.25) is 11.7 Å². The molecular weight excluding hydrogens is 436 g/mol. The molecule has 0 aliphatic rings. The summed E-state index contributed by atoms with van der Waals surface area (Å²) in [6.07, 6.45) is 1.66. The number of hydrogen-bond donors (Lipinski definition) is 1. The number of carbonyl (C=O) groups excluding carboxylic acids is 4. The smallest absolute Gasteiger partial charge is 0.308 e. The van der Waals surface area contributed by atoms with Gasteiger partial charge in [-0.05, 0) is 32.0 Å². The van der Waals surface area contributed by atoms with Crippen molar-refractivity contribution in [3.8, 4) is 0 Å². The van der Waals surface area contributed by atoms with E-state index in [-0.39, 0.29) is 49.9 Å². The van der Waals surface area contributed by atoms with E-state index >= 15 is 0 Å². The van der Waals surface area contributed by atoms with Gasteiger partial charge in [-0.1, -0.05) is 30.3 Å². The zero-order chi connectivity index (χ0) is 24.5. The number of hydrogen-bond acceptors (Lipinski definition) is 6. The van der Waals surface area contributed by atoms with Crippen LogP contribution in [0, 0.1) is 13.8 Å². The molecule has 1 amide bonds. The first-order chi connectivity index (χ1) is 16.3. The fraction of sp³-hybridized carbons (Fsp3) is 0.308. The Morgan fingerprint density at radius 1 is 0.941 bits per heavy atom. The van der Waals surface area contributed by atoms with Gasteiger partial charge in [0, 0.05) is 41.9 Å². The molecule has 0 saturated heterocycles. The molecule has 0 atom stereocenters. The van der Waals surface area contributed by atoms with E-state index in [2.05, 4.69) is 5.32 Å². The lowest BCUT2D eigenvalue weighted by Gasteiger charge is -2.08. The second-order valence-corrected chi connectivity index (χ2v) is 7.92. The van der Waals surface area contributed by atoms with E-state index in [9.17, 15) is 19.2 Å². The summed E-state index contributed by atoms with van der Waals surface area (Å²) < 4.78 is 12.4. The molecule has 0 bridgehead atoms. The van der Waals surface area contributed by atoms with Gasteiger partial charge in [-0.15, -0.1) is 0 Å². The second-order valence-electron chi connectivity index (χ2n) is 7.92. The van der Waals surface area contributed by atoms with Gasteiger partial charge in [0.1, 0.15) is 5.76 Å². The van der Waals surface area contributed by atoms with Gasteiger partial charge < -0.3 is 19.0 Å². The number of ether oxygens (including phenoxy) is 1. The van der Waals surface area contributed by atoms with Crippen LogP contribution in [0.5, 0.6) is 0 Å². The Kier molecular flexibility index (Phi) is 8.56. The van der Waals surface area contributed by atoms with Crippen molar-refractivity contribution in [3.05, 3.63) is 83.1 Å². The summed E-state index contributed by atoms with van der Waals surface area (Å²) in [5, 5.41) is 2.59. The Hall–Kier alpha value is -3.94. The SMILES string of the molecule is Cc1cc(C(=O)COC(=O)CCNC(=O)CCC(=O)c2ccccc2)c(C)n1Cc1ccco1. The molecule has 8 heteroatoms. The van der Waals surface area contributed by atoms with E-state index in [0.717, 1.165) is 17.1 Å². The summed E-state index contributed by atoms with van der Waals surface area (Å²) in [6.45, 7) is 3.94. The molecule has 0 saturated carbocycles. The van der Waals surface area contributed by atoms with Crippen molar-refractivity contribution >= 4 is 23.4 Å². The first kappa shape index (κ1) is 24.7. The molecule has 178 valence electrons. The predicted molar refractivity (Wildman–Crippen MR) is 125 cm³/mol. The van der Waals surface area contributed by atoms with Gasteiger partial charge in [0.15, 0.2) is 12.4 Å². The van der Waals surface area contributed by atoms with Crippen LogP contribution in [-0.4, -0.2) is 41.2 Å². The van der Waals surface area contributed by atoms with Crippen molar-refractivity contribution in [1.29, 1.82) is 0 Å². The molecule has 34 heavy (non-hydrogen) atoms. The highest BCUT2D eigenvalue weighted by molar-refractivity contribution is 5.99. The van der Waals surface area contributed by atoms with Crippen molar-refractivity contribution in [3.63, 3.8) is 0 Å². The van der Waals surface area contributed by atoms with Crippen LogP contribution in [0.15, 0.2) is 59.2 Å². The van der Waals surface area contributed by atoms with E-state index in [0.29, 0.717) is 17.7 Å². The largest absolute Gasteiger partial charge is 0.467 e. The van der Waals surface area contributed by atoms with Crippen LogP contribution in [0.2, 0.25) is 0 Å². The third kappa shape index (κ3) is 6.78. The summed E-state index contributed by atoms with van der Waals surface area (Å²) in [7, 11) is 0. The lowest BCUT2D eigenvalue weighted by Crippen LogP contribution is -2.27. The van der Waals surface area contributed by atoms with E-state index in [1.54, 1.807) is 36.6 Å². The zero-order valence-corrected chi connectivity index (χ0v) is 19.3. The van der Waals surface area contributed by atoms with Crippen molar-refractivity contribution < 1.29 is 28.3 Å². The Balaban J connectivity index is 1.37. The van der Waals surface area contributed by atoms with Crippen LogP contribution in [0.4, 0.5) is 0 Å². The normalized spacial score (nSPS) is 10.6. The van der Waals surface area contributed by atoms with E-state index in [1.165, 1.54) is 0 Å². The van der Waals surface area contributed by atoms with E-state index < -0.39 is 5.97 Å². The Bertz CT molecular complexity index is 1150. The van der Waals surface area contributed by atoms with Gasteiger partial charge in [-0.25, -0.2) is 0 Å². The molecule has 0 unspecified atom stereocenters. The molecule has 0 spiro atoms. The van der Waals surface area contributed by atoms with Crippen LogP contribution in [0.3, 0.4) is 0 Å². The minimum absolute atomic E-state index is 0.0366. The molecular formula is C26H28N2O6. The number of carbonyl (C=O) groups is 4. The van der Waals surface area contributed by atoms with Gasteiger partial charge in [-0.2, -0.15) is 0 Å². The highest BCUT2D eigenvalue weighted by Crippen LogP contribution is 2.18. The second kappa shape index (κ2) is 11.8. The molecule has 2 aromatic heterocycles. The minimum Gasteiger partial charge on any atom is -0.467 e. The van der Waals surface area contributed by atoms with Gasteiger partial charge in [0.25, 0.3) is 0 Å². The van der Waals surface area contributed by atoms with E-state index in [1.807, 2.05) is 36.6 Å². The first-order valence-electron chi connectivity index (χ1n) is 11.1. The molecule has 1 aromatic carbocycles. The third-order valence-electron chi connectivity index (χ3n) is 5.46. The molecule has 0 aliphatic carbocycles. The van der Waals surface area contributed by atoms with Crippen LogP contribution in [0.25, 0.3) is 0 Å². The standard InChI is InChI=1S/C26H28N2O6/c1-18-15-22(19(2)28(18)16-21-9-6-14-33-21)24(30)17-34-26(32)12-13-27-25(31)11-10-23(29)20-7-4-3-5-8-20/h3-9,14-15H,10-13,16-17H2,1-2H3,(H,27,31). The molecule has 3 aromatic rings. The molecule has 0 aliphatic heterocycles. The number of amides is 1. The van der Waals surface area contributed by atoms with Crippen LogP contribution < -0.4 is 5.32 Å². The Morgan fingerprint density at radius 2 is 1.71 bits per heavy atom. The molecule has 2 heterocycles. The maximum atomic E-state index is 12.6. The highest BCUT2D eigenvalue weighted by Gasteiger charge is 2.18. The molecule has 1 N–H and O–H groups in total. The number of ketones is 2. The van der Waals surface area contributed by atoms with Gasteiger partial charge in [0.05, 0.1) is 19.2 Å². The predicted octanol–water partition coefficient (Wildman–Crippen LogP) is 3.64. The molecule has 0 radical (unpaired) electrons. The molecule has 3 rings (SSSR count). The average molecular weight is 465 g/mol. The number of esters is 1. The molecule has 0 fully saturated rings. The lowest BCUT2D eigenvalue weighted by molar-refractivity contribution is -0.142. The Labute approximate surface area is 197 Å². The number of aromatic nitrogens is 1. The third-order valence-corrected chi connectivity index (χ3v) is 5.46. The van der Waals surface area contributed by atoms with Gasteiger partial charge >= 0.3 is 5.97 Å². The van der Waals surface area contributed by atoms with Gasteiger partial charge in [-0.3, -0.25) is 19.2 Å². The average Bonchev–Trinajstić information content (AvgIpc) is 3.45. The maximum Gasteiger partial charge on any atom is 0.308 e. The fourth-order valence-corrected chi connectivity index (χ4v) is 3.57. The number of Topliss-reactive ketones (excluding diaryl/α,β-unsaturated/α-hetero) is 2. The Morgan fingerprint density at radius 3 is 2.41 bits per heavy atom. The van der Waals surface area contributed by atoms with Crippen molar-refractivity contribution in [2.24, 2.45) is 0 Å². The molecule has 8 nitrogen and oxygen atoms in total. The summed E-state index contributed by atoms with van der Waals surface area (Å²) in [4.78, 5) is 48.5. The first-order valence-corrected chi connectivity index (χ1v) is 11.1. The fourth-order valence-electron chi connectivity index (χ4n) is 3.57. The van der Waals surface area contributed by atoms with Crippen LogP contribution >= 0.6 is 0 Å². The van der Waals surface area contributed by atoms with Crippen molar-refractivity contribution in [2.45, 2.75) is 39.7 Å². The summed E-state index contributed by atoms with van der Waals surface area (Å²) in [6, 6.07) is 14.2. The summed E-state index contributed by atoms with van der Waals surface area (Å²) >= 11 is 0. The monoisotopic (exact) mass is 464 g/mol. The quantitative estimate of drug-likeness (QED) is 0.324. The number of rotatable bonds is 12. The maximum absolute atomic E-state index is 12.6. The van der Waals surface area contributed by atoms with Crippen LogP contribution in [0.1, 0.15) is 57.1 Å². The van der Waals surface area contributed by atoms with Crippen molar-refractivity contribution in [2.75, 3.05) is 13.2 Å². The zero-order valence-electron chi connectivity index (χ0n) is 19.3. The topological polar surface area (TPSA) is 108 Å². The highest BCUT2D eigenvalue weighted by atomic mass is 16.5. The number of benzene rings is 1. The van der Waals surface area contributed by atoms with Crippen LogP contribution in [-0.2, 0) is 20.9 Å². The number of nitrogens with zero attached hydrogens (tertiary/aromatic N) is 1.